The minimum absolute atomic E-state index is 0.178. The lowest BCUT2D eigenvalue weighted by Crippen LogP contribution is -2.78. The Balaban J connectivity index is 1.66. The minimum Gasteiger partial charge on any atom is -0.484 e. The standard InChI is InChI=1S/C17H20N2O4S2/c1-16(2)12(13(21)24)19-14(22)17(3,15(19)25-16)18-11(20)9-23-10-7-5-4-6-8-10/h4-8,12,15H,9H2,1-3H3,(H,18,20)(H,21,24)/t12-,15+,17?/m0/s1. The predicted octanol–water partition coefficient (Wildman–Crippen LogP) is 1.46. The average molecular weight is 380 g/mol. The number of amides is 2. The minimum atomic E-state index is -1.04. The average Bonchev–Trinajstić information content (AvgIpc) is 2.83. The highest BCUT2D eigenvalue weighted by atomic mass is 32.2. The molecular weight excluding hydrogens is 360 g/mol. The normalized spacial score (nSPS) is 29.6. The summed E-state index contributed by atoms with van der Waals surface area (Å²) in [6, 6.07) is 8.39. The number of benzene rings is 1. The Morgan fingerprint density at radius 3 is 2.52 bits per heavy atom. The molecule has 1 aromatic rings. The van der Waals surface area contributed by atoms with Crippen LogP contribution in [0.25, 0.3) is 0 Å². The van der Waals surface area contributed by atoms with E-state index in [1.54, 1.807) is 19.1 Å². The molecule has 0 spiro atoms. The molecule has 1 N–H and O–H groups in total. The molecule has 2 saturated heterocycles. The maximum absolute atomic E-state index is 12.6. The van der Waals surface area contributed by atoms with Crippen molar-refractivity contribution in [2.24, 2.45) is 0 Å². The van der Waals surface area contributed by atoms with Gasteiger partial charge in [0.05, 0.1) is 0 Å². The van der Waals surface area contributed by atoms with Crippen molar-refractivity contribution in [2.75, 3.05) is 6.61 Å². The van der Waals surface area contributed by atoms with E-state index in [-0.39, 0.29) is 28.9 Å². The molecule has 6 nitrogen and oxygen atoms in total. The fourth-order valence-electron chi connectivity index (χ4n) is 3.33. The van der Waals surface area contributed by atoms with E-state index in [4.69, 9.17) is 4.74 Å². The summed E-state index contributed by atoms with van der Waals surface area (Å²) in [6.45, 7) is 5.32. The predicted molar refractivity (Wildman–Crippen MR) is 98.6 cm³/mol. The first-order valence-electron chi connectivity index (χ1n) is 7.89. The number of β-lactam (4-membered cyclic amide) rings is 1. The smallest absolute Gasteiger partial charge is 0.258 e. The van der Waals surface area contributed by atoms with Gasteiger partial charge in [-0.05, 0) is 32.9 Å². The summed E-state index contributed by atoms with van der Waals surface area (Å²) in [5.74, 6) is -0.0593. The number of thiol groups is 1. The molecule has 3 rings (SSSR count). The SMILES string of the molecule is CC1(C)S[C@H]2N(C(=O)C2(C)NC(=O)COc2ccccc2)[C@H]1C(=O)S. The summed E-state index contributed by atoms with van der Waals surface area (Å²) in [5, 5.41) is 2.14. The van der Waals surface area contributed by atoms with Gasteiger partial charge < -0.3 is 15.0 Å². The Kier molecular flexibility index (Phi) is 4.53. The molecule has 0 aliphatic carbocycles. The zero-order valence-corrected chi connectivity index (χ0v) is 15.9. The molecule has 1 unspecified atom stereocenters. The van der Waals surface area contributed by atoms with Crippen molar-refractivity contribution in [3.63, 3.8) is 0 Å². The quantitative estimate of drug-likeness (QED) is 0.598. The topological polar surface area (TPSA) is 75.7 Å². The molecule has 134 valence electrons. The van der Waals surface area contributed by atoms with Crippen LogP contribution in [0.5, 0.6) is 5.75 Å². The van der Waals surface area contributed by atoms with Crippen LogP contribution in [0.15, 0.2) is 30.3 Å². The van der Waals surface area contributed by atoms with Gasteiger partial charge in [0.1, 0.15) is 22.7 Å². The zero-order chi connectivity index (χ0) is 18.4. The summed E-state index contributed by atoms with van der Waals surface area (Å²) >= 11 is 5.43. The number of para-hydroxylation sites is 1. The maximum Gasteiger partial charge on any atom is 0.258 e. The third kappa shape index (κ3) is 3.01. The highest BCUT2D eigenvalue weighted by Crippen LogP contribution is 2.55. The van der Waals surface area contributed by atoms with Gasteiger partial charge in [-0.15, -0.1) is 24.4 Å². The van der Waals surface area contributed by atoms with E-state index in [0.717, 1.165) is 0 Å². The second-order valence-corrected chi connectivity index (χ2v) is 9.05. The molecule has 0 bridgehead atoms. The van der Waals surface area contributed by atoms with E-state index in [2.05, 4.69) is 17.9 Å². The van der Waals surface area contributed by atoms with Crippen molar-refractivity contribution in [2.45, 2.75) is 42.5 Å². The fourth-order valence-corrected chi connectivity index (χ4v) is 5.52. The van der Waals surface area contributed by atoms with E-state index in [1.165, 1.54) is 16.7 Å². The van der Waals surface area contributed by atoms with E-state index in [1.807, 2.05) is 32.0 Å². The second-order valence-electron chi connectivity index (χ2n) is 6.88. The van der Waals surface area contributed by atoms with Gasteiger partial charge in [-0.1, -0.05) is 18.2 Å². The molecular formula is C17H20N2O4S2. The number of rotatable bonds is 5. The van der Waals surface area contributed by atoms with Crippen LogP contribution in [0.4, 0.5) is 0 Å². The van der Waals surface area contributed by atoms with Gasteiger partial charge in [0.15, 0.2) is 6.61 Å². The number of hydrogen-bond acceptors (Lipinski definition) is 5. The van der Waals surface area contributed by atoms with Gasteiger partial charge in [-0.2, -0.15) is 0 Å². The molecule has 2 fully saturated rings. The number of carbonyl (C=O) groups excluding carboxylic acids is 3. The fraction of sp³-hybridized carbons (Fsp3) is 0.471. The third-order valence-electron chi connectivity index (χ3n) is 4.52. The summed E-state index contributed by atoms with van der Waals surface area (Å²) in [6.07, 6.45) is 0. The molecule has 0 saturated carbocycles. The van der Waals surface area contributed by atoms with Crippen molar-refractivity contribution in [1.29, 1.82) is 0 Å². The third-order valence-corrected chi connectivity index (χ3v) is 6.52. The number of thioether (sulfide) groups is 1. The van der Waals surface area contributed by atoms with Crippen molar-refractivity contribution in [1.82, 2.24) is 10.2 Å². The molecule has 2 amide bonds. The lowest BCUT2D eigenvalue weighted by Gasteiger charge is -2.51. The van der Waals surface area contributed by atoms with Crippen molar-refractivity contribution in [3.8, 4) is 5.75 Å². The summed E-state index contributed by atoms with van der Waals surface area (Å²) in [4.78, 5) is 38.3. The molecule has 2 aliphatic rings. The molecule has 2 heterocycles. The maximum atomic E-state index is 12.6. The van der Waals surface area contributed by atoms with Gasteiger partial charge in [-0.25, -0.2) is 0 Å². The molecule has 1 aromatic carbocycles. The molecule has 0 radical (unpaired) electrons. The van der Waals surface area contributed by atoms with Gasteiger partial charge in [0.25, 0.3) is 11.8 Å². The van der Waals surface area contributed by atoms with Crippen LogP contribution in [-0.2, 0) is 14.4 Å². The number of ether oxygens (including phenoxy) is 1. The second kappa shape index (κ2) is 6.25. The lowest BCUT2D eigenvalue weighted by molar-refractivity contribution is -0.161. The number of fused-ring (bicyclic) bond motifs is 1. The molecule has 3 atom stereocenters. The summed E-state index contributed by atoms with van der Waals surface area (Å²) in [5.41, 5.74) is -1.04. The zero-order valence-electron chi connectivity index (χ0n) is 14.2. The van der Waals surface area contributed by atoms with Crippen molar-refractivity contribution < 1.29 is 19.1 Å². The van der Waals surface area contributed by atoms with Crippen LogP contribution in [0.3, 0.4) is 0 Å². The van der Waals surface area contributed by atoms with Gasteiger partial charge in [0, 0.05) is 4.75 Å². The van der Waals surface area contributed by atoms with E-state index >= 15 is 0 Å². The molecule has 0 aromatic heterocycles. The Morgan fingerprint density at radius 2 is 1.92 bits per heavy atom. The van der Waals surface area contributed by atoms with Crippen LogP contribution in [0.1, 0.15) is 20.8 Å². The van der Waals surface area contributed by atoms with Gasteiger partial charge in [-0.3, -0.25) is 14.4 Å². The highest BCUT2D eigenvalue weighted by molar-refractivity contribution is 8.02. The number of hydrogen-bond donors (Lipinski definition) is 2. The number of carbonyl (C=O) groups is 3. The highest BCUT2D eigenvalue weighted by Gasteiger charge is 2.69. The Hall–Kier alpha value is -1.67. The van der Waals surface area contributed by atoms with Crippen LogP contribution >= 0.6 is 24.4 Å². The first-order chi connectivity index (χ1) is 11.7. The largest absolute Gasteiger partial charge is 0.484 e. The Morgan fingerprint density at radius 1 is 1.28 bits per heavy atom. The number of nitrogens with zero attached hydrogens (tertiary/aromatic N) is 1. The molecule has 2 aliphatic heterocycles. The van der Waals surface area contributed by atoms with E-state index in [0.29, 0.717) is 5.75 Å². The first kappa shape index (κ1) is 18.1. The van der Waals surface area contributed by atoms with Gasteiger partial charge in [0.2, 0.25) is 5.12 Å². The number of nitrogens with one attached hydrogen (secondary N) is 1. The van der Waals surface area contributed by atoms with Crippen molar-refractivity contribution >= 4 is 41.3 Å². The first-order valence-corrected chi connectivity index (χ1v) is 9.22. The molecule has 25 heavy (non-hydrogen) atoms. The summed E-state index contributed by atoms with van der Waals surface area (Å²) in [7, 11) is 0. The molecule has 8 heteroatoms. The van der Waals surface area contributed by atoms with Crippen molar-refractivity contribution in [3.05, 3.63) is 30.3 Å². The van der Waals surface area contributed by atoms with E-state index in [9.17, 15) is 14.4 Å². The summed E-state index contributed by atoms with van der Waals surface area (Å²) < 4.78 is 4.96. The monoisotopic (exact) mass is 380 g/mol. The van der Waals surface area contributed by atoms with E-state index < -0.39 is 16.3 Å². The van der Waals surface area contributed by atoms with Crippen LogP contribution in [0, 0.1) is 0 Å². The van der Waals surface area contributed by atoms with Crippen LogP contribution in [-0.4, -0.2) is 50.1 Å². The van der Waals surface area contributed by atoms with Gasteiger partial charge >= 0.3 is 0 Å². The Labute approximate surface area is 156 Å². The Bertz CT molecular complexity index is 725. The lowest BCUT2D eigenvalue weighted by atomic mass is 9.86. The van der Waals surface area contributed by atoms with Crippen LogP contribution < -0.4 is 10.1 Å². The van der Waals surface area contributed by atoms with Crippen LogP contribution in [0.2, 0.25) is 0 Å².